The zero-order valence-corrected chi connectivity index (χ0v) is 14.4. The van der Waals surface area contributed by atoms with E-state index in [2.05, 4.69) is 16.1 Å². The largest absolute Gasteiger partial charge is 0.305 e. The number of anilines is 1. The molecular formula is C20H20N4O. The third-order valence-electron chi connectivity index (χ3n) is 4.46. The van der Waals surface area contributed by atoms with Gasteiger partial charge in [0.25, 0.3) is 5.91 Å². The number of hydrogen-bond donors (Lipinski definition) is 0. The molecular weight excluding hydrogens is 312 g/mol. The zero-order chi connectivity index (χ0) is 17.4. The smallest absolute Gasteiger partial charge is 0.296 e. The number of hydrogen-bond acceptors (Lipinski definition) is 3. The van der Waals surface area contributed by atoms with E-state index in [1.807, 2.05) is 67.3 Å². The SMILES string of the molecule is CC(C)c1nc(C(=O)N2CCc3ccccc32)n(-c2ccccc2)n1. The molecule has 0 saturated heterocycles. The van der Waals surface area contributed by atoms with Gasteiger partial charge in [0.1, 0.15) is 0 Å². The van der Waals surface area contributed by atoms with Crippen LogP contribution in [-0.4, -0.2) is 27.2 Å². The second kappa shape index (κ2) is 6.16. The number of para-hydroxylation sites is 2. The first kappa shape index (κ1) is 15.6. The lowest BCUT2D eigenvalue weighted by atomic mass is 10.2. The van der Waals surface area contributed by atoms with E-state index >= 15 is 0 Å². The Bertz CT molecular complexity index is 914. The fourth-order valence-electron chi connectivity index (χ4n) is 3.13. The number of nitrogens with zero attached hydrogens (tertiary/aromatic N) is 4. The zero-order valence-electron chi connectivity index (χ0n) is 14.4. The molecule has 4 rings (SSSR count). The summed E-state index contributed by atoms with van der Waals surface area (Å²) in [5, 5.41) is 4.59. The van der Waals surface area contributed by atoms with Crippen LogP contribution in [0.2, 0.25) is 0 Å². The van der Waals surface area contributed by atoms with Gasteiger partial charge in [-0.3, -0.25) is 4.79 Å². The predicted molar refractivity (Wildman–Crippen MR) is 97.3 cm³/mol. The average Bonchev–Trinajstić information content (AvgIpc) is 3.27. The van der Waals surface area contributed by atoms with Crippen molar-refractivity contribution in [2.45, 2.75) is 26.2 Å². The minimum absolute atomic E-state index is 0.104. The Hall–Kier alpha value is -2.95. The molecule has 0 N–H and O–H groups in total. The highest BCUT2D eigenvalue weighted by Crippen LogP contribution is 2.29. The van der Waals surface area contributed by atoms with Gasteiger partial charge < -0.3 is 4.90 Å². The van der Waals surface area contributed by atoms with Gasteiger partial charge in [0.2, 0.25) is 5.82 Å². The minimum atomic E-state index is -0.104. The van der Waals surface area contributed by atoms with Gasteiger partial charge in [-0.1, -0.05) is 50.2 Å². The molecule has 0 aliphatic carbocycles. The molecule has 0 spiro atoms. The van der Waals surface area contributed by atoms with Crippen LogP contribution in [0.4, 0.5) is 5.69 Å². The quantitative estimate of drug-likeness (QED) is 0.736. The molecule has 0 atom stereocenters. The van der Waals surface area contributed by atoms with Gasteiger partial charge in [0, 0.05) is 18.2 Å². The molecule has 0 unspecified atom stereocenters. The van der Waals surface area contributed by atoms with Gasteiger partial charge in [-0.05, 0) is 30.2 Å². The first-order chi connectivity index (χ1) is 12.1. The third-order valence-corrected chi connectivity index (χ3v) is 4.46. The summed E-state index contributed by atoms with van der Waals surface area (Å²) in [6, 6.07) is 17.7. The summed E-state index contributed by atoms with van der Waals surface area (Å²) in [5.41, 5.74) is 3.02. The molecule has 3 aromatic rings. The van der Waals surface area contributed by atoms with Crippen molar-refractivity contribution in [2.24, 2.45) is 0 Å². The number of fused-ring (bicyclic) bond motifs is 1. The molecule has 0 saturated carbocycles. The summed E-state index contributed by atoms with van der Waals surface area (Å²) in [6.45, 7) is 4.74. The lowest BCUT2D eigenvalue weighted by molar-refractivity contribution is 0.0977. The summed E-state index contributed by atoms with van der Waals surface area (Å²) in [4.78, 5) is 19.6. The van der Waals surface area contributed by atoms with Gasteiger partial charge in [-0.25, -0.2) is 9.67 Å². The van der Waals surface area contributed by atoms with E-state index < -0.39 is 0 Å². The van der Waals surface area contributed by atoms with Crippen molar-refractivity contribution in [3.8, 4) is 5.69 Å². The van der Waals surface area contributed by atoms with E-state index in [4.69, 9.17) is 0 Å². The molecule has 0 radical (unpaired) electrons. The Kier molecular flexibility index (Phi) is 3.84. The van der Waals surface area contributed by atoms with Crippen molar-refractivity contribution in [2.75, 3.05) is 11.4 Å². The Labute approximate surface area is 146 Å². The van der Waals surface area contributed by atoms with Gasteiger partial charge in [0.05, 0.1) is 5.69 Å². The number of amides is 1. The van der Waals surface area contributed by atoms with Gasteiger partial charge in [-0.2, -0.15) is 5.10 Å². The number of carbonyl (C=O) groups excluding carboxylic acids is 1. The molecule has 2 heterocycles. The van der Waals surface area contributed by atoms with Gasteiger partial charge in [-0.15, -0.1) is 0 Å². The van der Waals surface area contributed by atoms with Crippen LogP contribution in [0.25, 0.3) is 5.69 Å². The van der Waals surface area contributed by atoms with Crippen molar-refractivity contribution >= 4 is 11.6 Å². The fourth-order valence-corrected chi connectivity index (χ4v) is 3.13. The molecule has 1 amide bonds. The average molecular weight is 332 g/mol. The highest BCUT2D eigenvalue weighted by molar-refractivity contribution is 6.05. The highest BCUT2D eigenvalue weighted by atomic mass is 16.2. The van der Waals surface area contributed by atoms with E-state index in [9.17, 15) is 4.79 Å². The predicted octanol–water partition coefficient (Wildman–Crippen LogP) is 3.59. The van der Waals surface area contributed by atoms with Gasteiger partial charge >= 0.3 is 0 Å². The van der Waals surface area contributed by atoms with Crippen LogP contribution in [-0.2, 0) is 6.42 Å². The van der Waals surface area contributed by atoms with E-state index in [-0.39, 0.29) is 11.8 Å². The van der Waals surface area contributed by atoms with Crippen LogP contribution in [0.3, 0.4) is 0 Å². The molecule has 1 aliphatic rings. The van der Waals surface area contributed by atoms with E-state index in [1.165, 1.54) is 5.56 Å². The summed E-state index contributed by atoms with van der Waals surface area (Å²) in [5.74, 6) is 1.10. The van der Waals surface area contributed by atoms with Crippen LogP contribution >= 0.6 is 0 Å². The van der Waals surface area contributed by atoms with E-state index in [0.29, 0.717) is 18.2 Å². The number of carbonyl (C=O) groups is 1. The van der Waals surface area contributed by atoms with Crippen molar-refractivity contribution in [1.82, 2.24) is 14.8 Å². The summed E-state index contributed by atoms with van der Waals surface area (Å²) >= 11 is 0. The maximum absolute atomic E-state index is 13.2. The molecule has 2 aromatic carbocycles. The molecule has 25 heavy (non-hydrogen) atoms. The van der Waals surface area contributed by atoms with Crippen molar-refractivity contribution < 1.29 is 4.79 Å². The second-order valence-corrected chi connectivity index (χ2v) is 6.53. The lowest BCUT2D eigenvalue weighted by Crippen LogP contribution is -2.31. The monoisotopic (exact) mass is 332 g/mol. The summed E-state index contributed by atoms with van der Waals surface area (Å²) < 4.78 is 1.67. The number of benzene rings is 2. The Balaban J connectivity index is 1.79. The lowest BCUT2D eigenvalue weighted by Gasteiger charge is -2.17. The molecule has 126 valence electrons. The van der Waals surface area contributed by atoms with Gasteiger partial charge in [0.15, 0.2) is 5.82 Å². The Morgan fingerprint density at radius 2 is 1.76 bits per heavy atom. The summed E-state index contributed by atoms with van der Waals surface area (Å²) in [6.07, 6.45) is 0.873. The van der Waals surface area contributed by atoms with E-state index in [1.54, 1.807) is 4.68 Å². The normalized spacial score (nSPS) is 13.3. The standard InChI is InChI=1S/C20H20N4O/c1-14(2)18-21-19(24(22-18)16-9-4-3-5-10-16)20(25)23-13-12-15-8-6-7-11-17(15)23/h3-11,14H,12-13H2,1-2H3. The minimum Gasteiger partial charge on any atom is -0.305 e. The molecule has 5 heteroatoms. The maximum atomic E-state index is 13.2. The maximum Gasteiger partial charge on any atom is 0.296 e. The topological polar surface area (TPSA) is 51.0 Å². The van der Waals surface area contributed by atoms with Crippen LogP contribution in [0.1, 0.15) is 41.8 Å². The van der Waals surface area contributed by atoms with Crippen LogP contribution in [0, 0.1) is 0 Å². The Morgan fingerprint density at radius 1 is 1.04 bits per heavy atom. The fraction of sp³-hybridized carbons (Fsp3) is 0.250. The first-order valence-electron chi connectivity index (χ1n) is 8.57. The van der Waals surface area contributed by atoms with Crippen LogP contribution < -0.4 is 4.90 Å². The molecule has 0 fully saturated rings. The number of rotatable bonds is 3. The molecule has 5 nitrogen and oxygen atoms in total. The van der Waals surface area contributed by atoms with E-state index in [0.717, 1.165) is 17.8 Å². The molecule has 1 aromatic heterocycles. The summed E-state index contributed by atoms with van der Waals surface area (Å²) in [7, 11) is 0. The second-order valence-electron chi connectivity index (χ2n) is 6.53. The third kappa shape index (κ3) is 2.71. The van der Waals surface area contributed by atoms with Crippen molar-refractivity contribution in [3.63, 3.8) is 0 Å². The van der Waals surface area contributed by atoms with Crippen LogP contribution in [0.15, 0.2) is 54.6 Å². The molecule has 0 bridgehead atoms. The van der Waals surface area contributed by atoms with Crippen LogP contribution in [0.5, 0.6) is 0 Å². The Morgan fingerprint density at radius 3 is 2.52 bits per heavy atom. The highest BCUT2D eigenvalue weighted by Gasteiger charge is 2.30. The molecule has 1 aliphatic heterocycles. The van der Waals surface area contributed by atoms with Crippen molar-refractivity contribution in [3.05, 3.63) is 71.8 Å². The number of aromatic nitrogens is 3. The first-order valence-corrected chi connectivity index (χ1v) is 8.57. The van der Waals surface area contributed by atoms with Crippen molar-refractivity contribution in [1.29, 1.82) is 0 Å².